The summed E-state index contributed by atoms with van der Waals surface area (Å²) in [5.74, 6) is -0.747. The van der Waals surface area contributed by atoms with Gasteiger partial charge in [-0.2, -0.15) is 4.99 Å². The molecule has 2 aliphatic heterocycles. The molecule has 0 aromatic heterocycles. The molecule has 1 saturated heterocycles. The number of nitrogens with zero attached hydrogens (tertiary/aromatic N) is 2. The number of hydrogen-bond acceptors (Lipinski definition) is 5. The monoisotopic (exact) mass is 366 g/mol. The lowest BCUT2D eigenvalue weighted by Crippen LogP contribution is -2.30. The minimum atomic E-state index is -0.507. The Balaban J connectivity index is 1.83. The van der Waals surface area contributed by atoms with Gasteiger partial charge in [0.25, 0.3) is 5.91 Å². The molecule has 0 saturated carbocycles. The fourth-order valence-corrected chi connectivity index (χ4v) is 3.80. The largest absolute Gasteiger partial charge is 0.415 e. The van der Waals surface area contributed by atoms with E-state index in [2.05, 4.69) is 4.99 Å². The van der Waals surface area contributed by atoms with Crippen LogP contribution in [0.5, 0.6) is 5.75 Å². The maximum Gasteiger partial charge on any atom is 0.415 e. The van der Waals surface area contributed by atoms with Gasteiger partial charge < -0.3 is 9.64 Å². The molecule has 1 fully saturated rings. The number of amides is 2. The first kappa shape index (κ1) is 17.0. The fourth-order valence-electron chi connectivity index (χ4n) is 2.39. The number of hydrogen-bond donors (Lipinski definition) is 0. The van der Waals surface area contributed by atoms with E-state index in [0.717, 1.165) is 18.9 Å². The highest BCUT2D eigenvalue weighted by Gasteiger charge is 2.23. The van der Waals surface area contributed by atoms with Crippen LogP contribution < -0.4 is 4.74 Å². The van der Waals surface area contributed by atoms with Gasteiger partial charge in [0.2, 0.25) is 0 Å². The Hall–Kier alpha value is -1.80. The quantitative estimate of drug-likeness (QED) is 0.746. The van der Waals surface area contributed by atoms with E-state index < -0.39 is 11.9 Å². The first-order chi connectivity index (χ1) is 11.6. The molecule has 0 unspecified atom stereocenters. The van der Waals surface area contributed by atoms with Crippen LogP contribution in [0.25, 0.3) is 6.08 Å². The molecule has 0 atom stereocenters. The van der Waals surface area contributed by atoms with E-state index in [1.165, 1.54) is 35.7 Å². The highest BCUT2D eigenvalue weighted by molar-refractivity contribution is 8.40. The molecule has 0 radical (unpaired) electrons. The average molecular weight is 366 g/mol. The molecule has 24 heavy (non-hydrogen) atoms. The molecule has 5 nitrogen and oxygen atoms in total. The van der Waals surface area contributed by atoms with Gasteiger partial charge in [-0.05, 0) is 37.3 Å². The highest BCUT2D eigenvalue weighted by Crippen LogP contribution is 2.34. The topological polar surface area (TPSA) is 59.0 Å². The van der Waals surface area contributed by atoms with E-state index in [1.807, 2.05) is 6.26 Å². The third-order valence-corrected chi connectivity index (χ3v) is 5.57. The molecule has 0 spiro atoms. The van der Waals surface area contributed by atoms with Gasteiger partial charge in [-0.25, -0.2) is 9.18 Å². The van der Waals surface area contributed by atoms with Crippen LogP contribution in [0.4, 0.5) is 9.18 Å². The Bertz CT molecular complexity index is 743. The van der Waals surface area contributed by atoms with Crippen molar-refractivity contribution in [1.29, 1.82) is 0 Å². The van der Waals surface area contributed by atoms with Crippen molar-refractivity contribution < 1.29 is 18.7 Å². The normalized spacial score (nSPS) is 19.1. The van der Waals surface area contributed by atoms with Gasteiger partial charge in [-0.3, -0.25) is 4.79 Å². The number of carbonyl (C=O) groups excluding carboxylic acids is 2. The third-order valence-electron chi connectivity index (χ3n) is 3.60. The van der Waals surface area contributed by atoms with Crippen molar-refractivity contribution in [1.82, 2.24) is 4.90 Å². The van der Waals surface area contributed by atoms with E-state index in [4.69, 9.17) is 4.74 Å². The molecule has 0 bridgehead atoms. The molecule has 1 aromatic rings. The van der Waals surface area contributed by atoms with Crippen molar-refractivity contribution in [2.45, 2.75) is 12.8 Å². The first-order valence-electron chi connectivity index (χ1n) is 7.39. The second-order valence-electron chi connectivity index (χ2n) is 5.24. The van der Waals surface area contributed by atoms with Crippen LogP contribution in [0, 0.1) is 5.82 Å². The predicted molar refractivity (Wildman–Crippen MR) is 94.8 cm³/mol. The number of halogens is 1. The minimum Gasteiger partial charge on any atom is -0.409 e. The van der Waals surface area contributed by atoms with Crippen molar-refractivity contribution in [2.24, 2.45) is 4.99 Å². The summed E-state index contributed by atoms with van der Waals surface area (Å²) in [5, 5.41) is 0. The lowest BCUT2D eigenvalue weighted by atomic mass is 10.2. The van der Waals surface area contributed by atoms with Crippen molar-refractivity contribution in [3.8, 4) is 5.75 Å². The zero-order valence-corrected chi connectivity index (χ0v) is 14.6. The van der Waals surface area contributed by atoms with E-state index >= 15 is 0 Å². The van der Waals surface area contributed by atoms with Gasteiger partial charge in [0, 0.05) is 24.7 Å². The van der Waals surface area contributed by atoms with Gasteiger partial charge >= 0.3 is 6.09 Å². The van der Waals surface area contributed by atoms with Crippen LogP contribution in [0.1, 0.15) is 18.4 Å². The Morgan fingerprint density at radius 2 is 2.17 bits per heavy atom. The van der Waals surface area contributed by atoms with E-state index in [9.17, 15) is 14.0 Å². The third kappa shape index (κ3) is 3.81. The SMILES string of the molecule is CSC1=NC(=O)C(=Cc2ccc(F)cc2OC(=O)N2CCCC2)S1. The summed E-state index contributed by atoms with van der Waals surface area (Å²) in [6.45, 7) is 1.29. The number of rotatable bonds is 2. The van der Waals surface area contributed by atoms with Gasteiger partial charge in [-0.15, -0.1) is 11.8 Å². The molecule has 0 aliphatic carbocycles. The molecule has 126 valence electrons. The molecular weight excluding hydrogens is 351 g/mol. The molecule has 0 N–H and O–H groups in total. The summed E-state index contributed by atoms with van der Waals surface area (Å²) >= 11 is 2.63. The Morgan fingerprint density at radius 1 is 1.42 bits per heavy atom. The zero-order valence-electron chi connectivity index (χ0n) is 13.0. The molecule has 1 aromatic carbocycles. The second-order valence-corrected chi connectivity index (χ2v) is 7.33. The van der Waals surface area contributed by atoms with Crippen molar-refractivity contribution >= 4 is 46.0 Å². The lowest BCUT2D eigenvalue weighted by Gasteiger charge is -2.16. The summed E-state index contributed by atoms with van der Waals surface area (Å²) in [4.78, 5) is 29.9. The Morgan fingerprint density at radius 3 is 2.83 bits per heavy atom. The summed E-state index contributed by atoms with van der Waals surface area (Å²) in [5.41, 5.74) is 0.470. The van der Waals surface area contributed by atoms with Crippen LogP contribution in [0.2, 0.25) is 0 Å². The molecule has 3 rings (SSSR count). The second kappa shape index (κ2) is 7.40. The molecule has 2 aliphatic rings. The van der Waals surface area contributed by atoms with Crippen LogP contribution in [-0.4, -0.2) is 40.6 Å². The maximum atomic E-state index is 13.6. The van der Waals surface area contributed by atoms with Crippen LogP contribution in [0.3, 0.4) is 0 Å². The number of aliphatic imine (C=N–C) groups is 1. The van der Waals surface area contributed by atoms with Gasteiger partial charge in [0.15, 0.2) is 0 Å². The van der Waals surface area contributed by atoms with Crippen LogP contribution in [0.15, 0.2) is 28.1 Å². The molecular formula is C16H15FN2O3S2. The van der Waals surface area contributed by atoms with Crippen molar-refractivity contribution in [2.75, 3.05) is 19.3 Å². The summed E-state index contributed by atoms with van der Waals surface area (Å²) < 4.78 is 19.6. The van der Waals surface area contributed by atoms with Gasteiger partial charge in [-0.1, -0.05) is 11.8 Å². The number of thioether (sulfide) groups is 2. The average Bonchev–Trinajstić information content (AvgIpc) is 3.20. The maximum absolute atomic E-state index is 13.6. The van der Waals surface area contributed by atoms with Crippen LogP contribution in [-0.2, 0) is 4.79 Å². The molecule has 2 amide bonds. The predicted octanol–water partition coefficient (Wildman–Crippen LogP) is 3.75. The fraction of sp³-hybridized carbons (Fsp3) is 0.312. The molecule has 8 heteroatoms. The minimum absolute atomic E-state index is 0.102. The number of ether oxygens (including phenoxy) is 1. The van der Waals surface area contributed by atoms with E-state index in [-0.39, 0.29) is 11.7 Å². The van der Waals surface area contributed by atoms with Gasteiger partial charge in [0.1, 0.15) is 15.9 Å². The van der Waals surface area contributed by atoms with Crippen molar-refractivity contribution in [3.05, 3.63) is 34.5 Å². The smallest absolute Gasteiger partial charge is 0.409 e. The highest BCUT2D eigenvalue weighted by atomic mass is 32.2. The van der Waals surface area contributed by atoms with E-state index in [1.54, 1.807) is 11.0 Å². The van der Waals surface area contributed by atoms with E-state index in [0.29, 0.717) is 27.9 Å². The Kier molecular flexibility index (Phi) is 5.25. The van der Waals surface area contributed by atoms with Crippen LogP contribution >= 0.6 is 23.5 Å². The first-order valence-corrected chi connectivity index (χ1v) is 9.44. The lowest BCUT2D eigenvalue weighted by molar-refractivity contribution is -0.113. The number of carbonyl (C=O) groups is 2. The Labute approximate surface area is 147 Å². The number of benzene rings is 1. The van der Waals surface area contributed by atoms with Gasteiger partial charge in [0.05, 0.1) is 4.91 Å². The zero-order chi connectivity index (χ0) is 17.1. The summed E-state index contributed by atoms with van der Waals surface area (Å²) in [6.07, 6.45) is 4.79. The standard InChI is InChI=1S/C16H15FN2O3S2/c1-23-15-18-14(20)13(24-15)8-10-4-5-11(17)9-12(10)22-16(21)19-6-2-3-7-19/h4-5,8-9H,2-3,6-7H2,1H3. The summed E-state index contributed by atoms with van der Waals surface area (Å²) in [6, 6.07) is 3.90. The van der Waals surface area contributed by atoms with Crippen molar-refractivity contribution in [3.63, 3.8) is 0 Å². The number of likely N-dealkylation sites (tertiary alicyclic amines) is 1. The summed E-state index contributed by atoms with van der Waals surface area (Å²) in [7, 11) is 0. The molecule has 2 heterocycles.